The fourth-order valence-electron chi connectivity index (χ4n) is 3.90. The molecule has 0 aliphatic carbocycles. The van der Waals surface area contributed by atoms with Gasteiger partial charge < -0.3 is 10.0 Å². The third-order valence-electron chi connectivity index (χ3n) is 5.35. The van der Waals surface area contributed by atoms with Crippen LogP contribution >= 0.6 is 11.3 Å². The predicted molar refractivity (Wildman–Crippen MR) is 118 cm³/mol. The van der Waals surface area contributed by atoms with Gasteiger partial charge in [0.15, 0.2) is 11.5 Å². The number of Topliss-reactive ketones (excluding diaryl/α,β-unsaturated/α-hetero) is 1. The summed E-state index contributed by atoms with van der Waals surface area (Å²) in [5, 5.41) is 12.7. The molecule has 3 aromatic rings. The zero-order valence-electron chi connectivity index (χ0n) is 16.7. The zero-order valence-corrected chi connectivity index (χ0v) is 17.6. The summed E-state index contributed by atoms with van der Waals surface area (Å²) in [5.41, 5.74) is 3.14. The lowest BCUT2D eigenvalue weighted by atomic mass is 9.92. The Kier molecular flexibility index (Phi) is 5.81. The van der Waals surface area contributed by atoms with Crippen LogP contribution in [0.15, 0.2) is 83.4 Å². The lowest BCUT2D eigenvalue weighted by Gasteiger charge is -2.26. The van der Waals surface area contributed by atoms with Crippen LogP contribution in [0.3, 0.4) is 0 Å². The molecule has 0 radical (unpaired) electrons. The molecule has 1 aromatic heterocycles. The fourth-order valence-corrected chi connectivity index (χ4v) is 4.60. The van der Waals surface area contributed by atoms with Gasteiger partial charge in [0.25, 0.3) is 5.91 Å². The van der Waals surface area contributed by atoms with E-state index in [1.807, 2.05) is 79.0 Å². The Morgan fingerprint density at radius 3 is 2.57 bits per heavy atom. The van der Waals surface area contributed by atoms with E-state index in [-0.39, 0.29) is 17.8 Å². The summed E-state index contributed by atoms with van der Waals surface area (Å²) >= 11 is 1.55. The van der Waals surface area contributed by atoms with Gasteiger partial charge in [-0.05, 0) is 35.9 Å². The number of carbonyl (C=O) groups excluding carboxylic acids is 2. The summed E-state index contributed by atoms with van der Waals surface area (Å²) in [4.78, 5) is 28.8. The van der Waals surface area contributed by atoms with Gasteiger partial charge >= 0.3 is 0 Å². The lowest BCUT2D eigenvalue weighted by Crippen LogP contribution is -2.30. The van der Waals surface area contributed by atoms with E-state index in [4.69, 9.17) is 0 Å². The number of aliphatic hydroxyl groups is 1. The molecule has 1 unspecified atom stereocenters. The maximum Gasteiger partial charge on any atom is 0.290 e. The summed E-state index contributed by atoms with van der Waals surface area (Å²) in [6.07, 6.45) is 0.807. The van der Waals surface area contributed by atoms with Crippen LogP contribution < -0.4 is 0 Å². The van der Waals surface area contributed by atoms with E-state index in [2.05, 4.69) is 0 Å². The van der Waals surface area contributed by atoms with Crippen molar-refractivity contribution in [2.45, 2.75) is 32.4 Å². The smallest absolute Gasteiger partial charge is 0.290 e. The van der Waals surface area contributed by atoms with E-state index < -0.39 is 17.7 Å². The number of nitrogens with zero attached hydrogens (tertiary/aromatic N) is 1. The number of aliphatic hydroxyl groups excluding tert-OH is 1. The average Bonchev–Trinajstić information content (AvgIpc) is 3.35. The van der Waals surface area contributed by atoms with Gasteiger partial charge in [-0.2, -0.15) is 0 Å². The van der Waals surface area contributed by atoms with Crippen LogP contribution in [0, 0.1) is 6.92 Å². The first kappa shape index (κ1) is 20.1. The van der Waals surface area contributed by atoms with Crippen LogP contribution in [-0.4, -0.2) is 21.7 Å². The Labute approximate surface area is 180 Å². The molecule has 1 N–H and O–H groups in total. The number of amides is 1. The van der Waals surface area contributed by atoms with Crippen molar-refractivity contribution in [3.63, 3.8) is 0 Å². The second-order valence-electron chi connectivity index (χ2n) is 7.50. The topological polar surface area (TPSA) is 57.6 Å². The number of rotatable bonds is 7. The molecular formula is C25H23NO3S. The van der Waals surface area contributed by atoms with Crippen LogP contribution in [-0.2, 0) is 22.6 Å². The van der Waals surface area contributed by atoms with E-state index in [1.54, 1.807) is 16.2 Å². The maximum atomic E-state index is 13.2. The second-order valence-corrected chi connectivity index (χ2v) is 8.53. The number of thiophene rings is 1. The molecule has 152 valence electrons. The molecule has 2 heterocycles. The molecule has 0 fully saturated rings. The fraction of sp³-hybridized carbons (Fsp3) is 0.200. The first-order valence-corrected chi connectivity index (χ1v) is 10.8. The van der Waals surface area contributed by atoms with Gasteiger partial charge in [-0.15, -0.1) is 11.3 Å². The Hall–Kier alpha value is -3.18. The highest BCUT2D eigenvalue weighted by atomic mass is 32.1. The third-order valence-corrected chi connectivity index (χ3v) is 6.21. The van der Waals surface area contributed by atoms with Gasteiger partial charge in [0.1, 0.15) is 0 Å². The number of carbonyl (C=O) groups is 2. The Bertz CT molecular complexity index is 1090. The molecule has 4 rings (SSSR count). The summed E-state index contributed by atoms with van der Waals surface area (Å²) in [6, 6.07) is 20.8. The van der Waals surface area contributed by atoms with Gasteiger partial charge in [-0.25, -0.2) is 0 Å². The number of ketones is 1. The standard InChI is InChI=1S/C25H23NO3S/c1-17-7-5-10-19(15-17)23-22(21(27)13-12-18-8-3-2-4-9-18)24(28)25(29)26(23)16-20-11-6-14-30-20/h2-11,14-15,23,28H,12-13,16H2,1H3. The highest BCUT2D eigenvalue weighted by Gasteiger charge is 2.43. The van der Waals surface area contributed by atoms with E-state index in [1.165, 1.54) is 0 Å². The highest BCUT2D eigenvalue weighted by Crippen LogP contribution is 2.40. The summed E-state index contributed by atoms with van der Waals surface area (Å²) < 4.78 is 0. The lowest BCUT2D eigenvalue weighted by molar-refractivity contribution is -0.130. The molecule has 0 spiro atoms. The molecule has 0 saturated carbocycles. The molecule has 1 aliphatic rings. The second kappa shape index (κ2) is 8.67. The molecule has 1 amide bonds. The summed E-state index contributed by atoms with van der Waals surface area (Å²) in [5.74, 6) is -1.10. The van der Waals surface area contributed by atoms with Crippen molar-refractivity contribution in [3.05, 3.63) is 105 Å². The Morgan fingerprint density at radius 1 is 1.07 bits per heavy atom. The minimum atomic E-state index is -0.581. The molecule has 5 heteroatoms. The van der Waals surface area contributed by atoms with Crippen molar-refractivity contribution in [2.24, 2.45) is 0 Å². The number of aryl methyl sites for hydroxylation is 2. The molecule has 0 bridgehead atoms. The molecular weight excluding hydrogens is 394 g/mol. The van der Waals surface area contributed by atoms with E-state index in [9.17, 15) is 14.7 Å². The predicted octanol–water partition coefficient (Wildman–Crippen LogP) is 5.15. The van der Waals surface area contributed by atoms with Gasteiger partial charge in [-0.3, -0.25) is 9.59 Å². The van der Waals surface area contributed by atoms with Crippen LogP contribution in [0.4, 0.5) is 0 Å². The Morgan fingerprint density at radius 2 is 1.87 bits per heavy atom. The molecule has 30 heavy (non-hydrogen) atoms. The largest absolute Gasteiger partial charge is 0.503 e. The SMILES string of the molecule is Cc1cccc(C2C(C(=O)CCc3ccccc3)=C(O)C(=O)N2Cc2cccs2)c1. The Balaban J connectivity index is 1.66. The van der Waals surface area contributed by atoms with E-state index in [0.717, 1.165) is 21.6 Å². The van der Waals surface area contributed by atoms with Crippen molar-refractivity contribution in [1.82, 2.24) is 4.90 Å². The average molecular weight is 418 g/mol. The minimum Gasteiger partial charge on any atom is -0.503 e. The maximum absolute atomic E-state index is 13.2. The molecule has 1 atom stereocenters. The quantitative estimate of drug-likeness (QED) is 0.578. The van der Waals surface area contributed by atoms with Gasteiger partial charge in [0, 0.05) is 11.3 Å². The van der Waals surface area contributed by atoms with Crippen molar-refractivity contribution >= 4 is 23.0 Å². The highest BCUT2D eigenvalue weighted by molar-refractivity contribution is 7.09. The molecule has 2 aromatic carbocycles. The van der Waals surface area contributed by atoms with Crippen LogP contribution in [0.1, 0.15) is 34.0 Å². The van der Waals surface area contributed by atoms with Crippen LogP contribution in [0.25, 0.3) is 0 Å². The van der Waals surface area contributed by atoms with Crippen molar-refractivity contribution in [2.75, 3.05) is 0 Å². The molecule has 1 aliphatic heterocycles. The number of hydrogen-bond donors (Lipinski definition) is 1. The van der Waals surface area contributed by atoms with Crippen LogP contribution in [0.2, 0.25) is 0 Å². The third kappa shape index (κ3) is 4.07. The number of hydrogen-bond acceptors (Lipinski definition) is 4. The van der Waals surface area contributed by atoms with Crippen molar-refractivity contribution < 1.29 is 14.7 Å². The monoisotopic (exact) mass is 417 g/mol. The molecule has 0 saturated heterocycles. The van der Waals surface area contributed by atoms with Crippen molar-refractivity contribution in [1.29, 1.82) is 0 Å². The van der Waals surface area contributed by atoms with E-state index in [0.29, 0.717) is 13.0 Å². The minimum absolute atomic E-state index is 0.190. The van der Waals surface area contributed by atoms with Gasteiger partial charge in [0.05, 0.1) is 18.2 Å². The van der Waals surface area contributed by atoms with Gasteiger partial charge in [-0.1, -0.05) is 66.2 Å². The summed E-state index contributed by atoms with van der Waals surface area (Å²) in [7, 11) is 0. The zero-order chi connectivity index (χ0) is 21.1. The van der Waals surface area contributed by atoms with Crippen LogP contribution in [0.5, 0.6) is 0 Å². The van der Waals surface area contributed by atoms with Gasteiger partial charge in [0.2, 0.25) is 0 Å². The normalized spacial score (nSPS) is 16.4. The first-order chi connectivity index (χ1) is 14.5. The van der Waals surface area contributed by atoms with Crippen molar-refractivity contribution in [3.8, 4) is 0 Å². The van der Waals surface area contributed by atoms with E-state index >= 15 is 0 Å². The first-order valence-electron chi connectivity index (χ1n) is 9.95. The molecule has 4 nitrogen and oxygen atoms in total. The summed E-state index contributed by atoms with van der Waals surface area (Å²) in [6.45, 7) is 2.33. The number of benzene rings is 2.